The molecule has 2 aromatic carbocycles. The zero-order valence-corrected chi connectivity index (χ0v) is 19.9. The van der Waals surface area contributed by atoms with E-state index in [-0.39, 0.29) is 12.1 Å². The Hall–Kier alpha value is -3.84. The van der Waals surface area contributed by atoms with Gasteiger partial charge in [0, 0.05) is 35.5 Å². The Morgan fingerprint density at radius 1 is 0.941 bits per heavy atom. The molecule has 1 aliphatic heterocycles. The van der Waals surface area contributed by atoms with Gasteiger partial charge >= 0.3 is 0 Å². The smallest absolute Gasteiger partial charge is 0.174 e. The summed E-state index contributed by atoms with van der Waals surface area (Å²) in [6, 6.07) is 26.0. The van der Waals surface area contributed by atoms with E-state index in [9.17, 15) is 0 Å². The molecule has 1 N–H and O–H groups in total. The number of hydrogen-bond donors (Lipinski definition) is 1. The van der Waals surface area contributed by atoms with E-state index in [1.54, 1.807) is 7.11 Å². The quantitative estimate of drug-likeness (QED) is 0.362. The minimum atomic E-state index is -0.125. The molecule has 4 aromatic rings. The van der Waals surface area contributed by atoms with Gasteiger partial charge in [-0.05, 0) is 79.8 Å². The van der Waals surface area contributed by atoms with Gasteiger partial charge in [-0.1, -0.05) is 12.1 Å². The summed E-state index contributed by atoms with van der Waals surface area (Å²) < 4.78 is 13.3. The first kappa shape index (κ1) is 22.0. The van der Waals surface area contributed by atoms with Crippen LogP contribution < -0.4 is 19.7 Å². The molecule has 0 bridgehead atoms. The van der Waals surface area contributed by atoms with E-state index in [2.05, 4.69) is 44.2 Å². The Morgan fingerprint density at radius 3 is 2.53 bits per heavy atom. The van der Waals surface area contributed by atoms with E-state index < -0.39 is 0 Å². The van der Waals surface area contributed by atoms with Crippen LogP contribution in [0, 0.1) is 0 Å². The lowest BCUT2D eigenvalue weighted by Crippen LogP contribution is -2.30. The van der Waals surface area contributed by atoms with Crippen LogP contribution in [0.2, 0.25) is 0 Å². The summed E-state index contributed by atoms with van der Waals surface area (Å²) in [6.07, 6.45) is 3.88. The van der Waals surface area contributed by atoms with E-state index in [1.165, 1.54) is 0 Å². The van der Waals surface area contributed by atoms with Crippen molar-refractivity contribution in [1.29, 1.82) is 0 Å². The molecular formula is C27H26N4O2S. The number of methoxy groups -OCH3 is 1. The second kappa shape index (κ2) is 9.57. The van der Waals surface area contributed by atoms with Crippen molar-refractivity contribution in [2.75, 3.05) is 18.6 Å². The molecule has 0 aliphatic carbocycles. The van der Waals surface area contributed by atoms with Crippen LogP contribution >= 0.6 is 12.2 Å². The number of nitrogens with zero attached hydrogens (tertiary/aromatic N) is 3. The van der Waals surface area contributed by atoms with Crippen molar-refractivity contribution >= 4 is 23.0 Å². The molecule has 0 radical (unpaired) electrons. The standard InChI is InChI=1S/C27H26N4O2S/c1-3-33-21-14-12-19(13-15-21)31-26(25(29-27(31)34)23-10-4-5-16-28-23)24-11-7-17-30(24)20-8-6-9-22(18-20)32-2/h4-18,25-26H,3H2,1-2H3,(H,29,34)/t25-,26+/m0/s1. The second-order valence-corrected chi connectivity index (χ2v) is 8.31. The molecule has 3 heterocycles. The third kappa shape index (κ3) is 4.10. The molecule has 6 nitrogen and oxygen atoms in total. The molecule has 1 aliphatic rings. The van der Waals surface area contributed by atoms with Crippen molar-refractivity contribution in [1.82, 2.24) is 14.9 Å². The highest BCUT2D eigenvalue weighted by atomic mass is 32.1. The van der Waals surface area contributed by atoms with E-state index in [4.69, 9.17) is 21.7 Å². The van der Waals surface area contributed by atoms with E-state index in [0.717, 1.165) is 34.3 Å². The van der Waals surface area contributed by atoms with Crippen LogP contribution in [-0.2, 0) is 0 Å². The zero-order chi connectivity index (χ0) is 23.5. The Morgan fingerprint density at radius 2 is 1.79 bits per heavy atom. The number of aromatic nitrogens is 2. The Bertz CT molecular complexity index is 1270. The Balaban J connectivity index is 1.62. The van der Waals surface area contributed by atoms with Crippen molar-refractivity contribution < 1.29 is 9.47 Å². The van der Waals surface area contributed by atoms with Crippen LogP contribution in [0.25, 0.3) is 5.69 Å². The molecular weight excluding hydrogens is 444 g/mol. The first-order valence-electron chi connectivity index (χ1n) is 11.2. The summed E-state index contributed by atoms with van der Waals surface area (Å²) in [5.74, 6) is 1.64. The molecule has 0 spiro atoms. The number of rotatable bonds is 7. The first-order chi connectivity index (χ1) is 16.7. The third-order valence-electron chi connectivity index (χ3n) is 5.94. The molecule has 2 atom stereocenters. The van der Waals surface area contributed by atoms with Gasteiger partial charge in [0.25, 0.3) is 0 Å². The number of benzene rings is 2. The molecule has 1 saturated heterocycles. The van der Waals surface area contributed by atoms with Crippen molar-refractivity contribution in [3.05, 3.63) is 103 Å². The number of thiocarbonyl (C=S) groups is 1. The largest absolute Gasteiger partial charge is 0.497 e. The van der Waals surface area contributed by atoms with Gasteiger partial charge in [-0.3, -0.25) is 4.98 Å². The molecule has 1 fully saturated rings. The van der Waals surface area contributed by atoms with Gasteiger partial charge in [-0.2, -0.15) is 0 Å². The van der Waals surface area contributed by atoms with Gasteiger partial charge < -0.3 is 24.3 Å². The summed E-state index contributed by atoms with van der Waals surface area (Å²) in [5, 5.41) is 4.18. The average Bonchev–Trinajstić information content (AvgIpc) is 3.50. The second-order valence-electron chi connectivity index (χ2n) is 7.93. The minimum absolute atomic E-state index is 0.124. The predicted octanol–water partition coefficient (Wildman–Crippen LogP) is 5.46. The molecule has 34 heavy (non-hydrogen) atoms. The third-order valence-corrected chi connectivity index (χ3v) is 6.25. The Kier molecular flexibility index (Phi) is 6.18. The van der Waals surface area contributed by atoms with Gasteiger partial charge in [0.05, 0.1) is 25.5 Å². The van der Waals surface area contributed by atoms with Crippen LogP contribution in [0.1, 0.15) is 30.4 Å². The zero-order valence-electron chi connectivity index (χ0n) is 19.1. The summed E-state index contributed by atoms with van der Waals surface area (Å²) in [6.45, 7) is 2.61. The number of nitrogens with one attached hydrogen (secondary N) is 1. The van der Waals surface area contributed by atoms with Gasteiger partial charge in [0.2, 0.25) is 0 Å². The van der Waals surface area contributed by atoms with Gasteiger partial charge in [-0.15, -0.1) is 0 Å². The highest BCUT2D eigenvalue weighted by Crippen LogP contribution is 2.42. The van der Waals surface area contributed by atoms with Crippen LogP contribution in [-0.4, -0.2) is 28.4 Å². The van der Waals surface area contributed by atoms with Crippen LogP contribution in [0.3, 0.4) is 0 Å². The molecule has 0 unspecified atom stereocenters. The Labute approximate surface area is 204 Å². The van der Waals surface area contributed by atoms with E-state index in [0.29, 0.717) is 11.7 Å². The summed E-state index contributed by atoms with van der Waals surface area (Å²) in [4.78, 5) is 6.82. The number of ether oxygens (including phenoxy) is 2. The van der Waals surface area contributed by atoms with Crippen LogP contribution in [0.4, 0.5) is 5.69 Å². The number of pyridine rings is 1. The molecule has 5 rings (SSSR count). The monoisotopic (exact) mass is 470 g/mol. The average molecular weight is 471 g/mol. The summed E-state index contributed by atoms with van der Waals surface area (Å²) >= 11 is 5.86. The van der Waals surface area contributed by atoms with Gasteiger partial charge in [-0.25, -0.2) is 0 Å². The maximum absolute atomic E-state index is 5.86. The lowest BCUT2D eigenvalue weighted by atomic mass is 10.0. The molecule has 7 heteroatoms. The summed E-state index contributed by atoms with van der Waals surface area (Å²) in [7, 11) is 1.68. The topological polar surface area (TPSA) is 51.5 Å². The van der Waals surface area contributed by atoms with E-state index >= 15 is 0 Å². The minimum Gasteiger partial charge on any atom is -0.497 e. The van der Waals surface area contributed by atoms with Crippen molar-refractivity contribution in [2.45, 2.75) is 19.0 Å². The van der Waals surface area contributed by atoms with Crippen LogP contribution in [0.5, 0.6) is 11.5 Å². The van der Waals surface area contributed by atoms with Gasteiger partial charge in [0.1, 0.15) is 17.5 Å². The van der Waals surface area contributed by atoms with Gasteiger partial charge in [0.15, 0.2) is 5.11 Å². The van der Waals surface area contributed by atoms with Crippen molar-refractivity contribution in [2.24, 2.45) is 0 Å². The molecule has 0 saturated carbocycles. The maximum atomic E-state index is 5.86. The fourth-order valence-electron chi connectivity index (χ4n) is 4.43. The molecule has 172 valence electrons. The highest BCUT2D eigenvalue weighted by molar-refractivity contribution is 7.80. The fourth-order valence-corrected chi connectivity index (χ4v) is 4.78. The maximum Gasteiger partial charge on any atom is 0.174 e. The summed E-state index contributed by atoms with van der Waals surface area (Å²) in [5.41, 5.74) is 4.03. The number of hydrogen-bond acceptors (Lipinski definition) is 4. The lowest BCUT2D eigenvalue weighted by molar-refractivity contribution is 0.340. The SMILES string of the molecule is CCOc1ccc(N2C(=S)N[C@@H](c3ccccn3)[C@H]2c2cccn2-c2cccc(OC)c2)cc1. The number of anilines is 1. The van der Waals surface area contributed by atoms with Crippen molar-refractivity contribution in [3.63, 3.8) is 0 Å². The molecule has 0 amide bonds. The van der Waals surface area contributed by atoms with Crippen LogP contribution in [0.15, 0.2) is 91.3 Å². The lowest BCUT2D eigenvalue weighted by Gasteiger charge is -2.29. The van der Waals surface area contributed by atoms with Crippen molar-refractivity contribution in [3.8, 4) is 17.2 Å². The predicted molar refractivity (Wildman–Crippen MR) is 138 cm³/mol. The fraction of sp³-hybridized carbons (Fsp3) is 0.185. The van der Waals surface area contributed by atoms with E-state index in [1.807, 2.05) is 73.8 Å². The highest BCUT2D eigenvalue weighted by Gasteiger charge is 2.42. The normalized spacial score (nSPS) is 17.5. The first-order valence-corrected chi connectivity index (χ1v) is 11.7. The molecule has 2 aromatic heterocycles.